The molecule has 1 unspecified atom stereocenters. The van der Waals surface area contributed by atoms with Gasteiger partial charge in [0.25, 0.3) is 5.91 Å². The fraction of sp³-hybridized carbons (Fsp3) is 0.593. The summed E-state index contributed by atoms with van der Waals surface area (Å²) in [5.41, 5.74) is 1.74. The molecule has 0 saturated carbocycles. The lowest BCUT2D eigenvalue weighted by Gasteiger charge is -2.31. The summed E-state index contributed by atoms with van der Waals surface area (Å²) >= 11 is 0. The molecular formula is C27H41NO4. The van der Waals surface area contributed by atoms with E-state index in [1.807, 2.05) is 32.9 Å². The Bertz CT molecular complexity index is 887. The van der Waals surface area contributed by atoms with Crippen molar-refractivity contribution in [2.24, 2.45) is 5.41 Å². The van der Waals surface area contributed by atoms with Crippen molar-refractivity contribution in [3.63, 3.8) is 0 Å². The number of carbonyl (C=O) groups is 1. The van der Waals surface area contributed by atoms with Crippen LogP contribution in [0, 0.1) is 5.41 Å². The van der Waals surface area contributed by atoms with Crippen LogP contribution in [0.25, 0.3) is 0 Å². The highest BCUT2D eigenvalue weighted by molar-refractivity contribution is 5.91. The Balaban J connectivity index is 2.43. The van der Waals surface area contributed by atoms with Crippen LogP contribution in [0.15, 0.2) is 34.7 Å². The molecule has 5 nitrogen and oxygen atoms in total. The fourth-order valence-electron chi connectivity index (χ4n) is 3.98. The summed E-state index contributed by atoms with van der Waals surface area (Å²) < 4.78 is 12.2. The van der Waals surface area contributed by atoms with Gasteiger partial charge in [0.15, 0.2) is 5.76 Å². The number of nitrogens with zero attached hydrogens (tertiary/aromatic N) is 1. The van der Waals surface area contributed by atoms with Gasteiger partial charge in [-0.2, -0.15) is 0 Å². The summed E-state index contributed by atoms with van der Waals surface area (Å²) in [6.45, 7) is 12.7. The molecule has 2 aromatic rings. The molecule has 32 heavy (non-hydrogen) atoms. The number of benzene rings is 1. The topological polar surface area (TPSA) is 62.9 Å². The second-order valence-electron chi connectivity index (χ2n) is 9.92. The van der Waals surface area contributed by atoms with Crippen molar-refractivity contribution in [3.05, 3.63) is 53.0 Å². The highest BCUT2D eigenvalue weighted by Gasteiger charge is 2.35. The zero-order chi connectivity index (χ0) is 24.1. The number of hydrogen-bond acceptors (Lipinski definition) is 4. The maximum absolute atomic E-state index is 12.4. The number of ether oxygens (including phenoxy) is 1. The van der Waals surface area contributed by atoms with Gasteiger partial charge in [0.1, 0.15) is 18.1 Å². The van der Waals surface area contributed by atoms with Gasteiger partial charge in [-0.15, -0.1) is 0 Å². The first-order valence-corrected chi connectivity index (χ1v) is 11.8. The molecule has 2 rings (SSSR count). The normalized spacial score (nSPS) is 13.2. The summed E-state index contributed by atoms with van der Waals surface area (Å²) in [6.07, 6.45) is 3.04. The molecule has 1 N–H and O–H groups in total. The van der Waals surface area contributed by atoms with Crippen LogP contribution in [0.3, 0.4) is 0 Å². The van der Waals surface area contributed by atoms with E-state index in [-0.39, 0.29) is 23.3 Å². The minimum Gasteiger partial charge on any atom is -0.491 e. The Morgan fingerprint density at radius 2 is 1.75 bits per heavy atom. The second-order valence-corrected chi connectivity index (χ2v) is 9.92. The SMILES string of the molecule is CCCc1cc(C(CC)(CC)c2ccc(C(=O)N(C)C)o2)ccc1OCC(O)C(C)(C)C. The average molecular weight is 444 g/mol. The molecule has 5 heteroatoms. The maximum Gasteiger partial charge on any atom is 0.289 e. The Morgan fingerprint density at radius 1 is 1.09 bits per heavy atom. The molecule has 0 aliphatic rings. The molecule has 0 fully saturated rings. The van der Waals surface area contributed by atoms with Crippen molar-refractivity contribution in [1.82, 2.24) is 4.90 Å². The molecule has 0 saturated heterocycles. The smallest absolute Gasteiger partial charge is 0.289 e. The lowest BCUT2D eigenvalue weighted by atomic mass is 9.73. The van der Waals surface area contributed by atoms with Gasteiger partial charge < -0.3 is 19.2 Å². The number of rotatable bonds is 10. The molecule has 1 aromatic heterocycles. The molecule has 178 valence electrons. The Kier molecular flexibility index (Phi) is 8.58. The van der Waals surface area contributed by atoms with Gasteiger partial charge in [0.05, 0.1) is 11.5 Å². The van der Waals surface area contributed by atoms with Gasteiger partial charge in [-0.3, -0.25) is 4.79 Å². The van der Waals surface area contributed by atoms with Gasteiger partial charge in [-0.1, -0.05) is 60.1 Å². The van der Waals surface area contributed by atoms with Crippen molar-refractivity contribution < 1.29 is 19.1 Å². The van der Waals surface area contributed by atoms with E-state index in [0.29, 0.717) is 5.76 Å². The van der Waals surface area contributed by atoms with Crippen molar-refractivity contribution in [3.8, 4) is 5.75 Å². The van der Waals surface area contributed by atoms with Crippen LogP contribution < -0.4 is 4.74 Å². The molecule has 0 radical (unpaired) electrons. The third-order valence-electron chi connectivity index (χ3n) is 6.43. The van der Waals surface area contributed by atoms with Crippen molar-refractivity contribution in [2.75, 3.05) is 20.7 Å². The molecule has 0 aliphatic carbocycles. The highest BCUT2D eigenvalue weighted by Crippen LogP contribution is 2.41. The van der Waals surface area contributed by atoms with E-state index in [2.05, 4.69) is 32.9 Å². The minimum absolute atomic E-state index is 0.134. The lowest BCUT2D eigenvalue weighted by Crippen LogP contribution is -2.32. The van der Waals surface area contributed by atoms with E-state index in [9.17, 15) is 9.90 Å². The van der Waals surface area contributed by atoms with Gasteiger partial charge in [0, 0.05) is 14.1 Å². The summed E-state index contributed by atoms with van der Waals surface area (Å²) in [5.74, 6) is 1.86. The highest BCUT2D eigenvalue weighted by atomic mass is 16.5. The number of aliphatic hydroxyl groups is 1. The van der Waals surface area contributed by atoms with Crippen LogP contribution >= 0.6 is 0 Å². The lowest BCUT2D eigenvalue weighted by molar-refractivity contribution is 0.0215. The van der Waals surface area contributed by atoms with E-state index in [1.54, 1.807) is 20.2 Å². The molecule has 1 atom stereocenters. The van der Waals surface area contributed by atoms with E-state index in [1.165, 1.54) is 4.90 Å². The van der Waals surface area contributed by atoms with E-state index < -0.39 is 6.10 Å². The number of amides is 1. The standard InChI is InChI=1S/C27H41NO4/c1-9-12-19-17-20(13-14-21(19)31-18-23(29)26(4,5)6)27(10-2,11-3)24-16-15-22(32-24)25(30)28(7)8/h13-17,23,29H,9-12,18H2,1-8H3. The molecular weight excluding hydrogens is 402 g/mol. The first-order chi connectivity index (χ1) is 15.0. The number of aryl methyl sites for hydroxylation is 1. The first kappa shape index (κ1) is 26.0. The van der Waals surface area contributed by atoms with Crippen molar-refractivity contribution in [2.45, 2.75) is 78.7 Å². The number of hydrogen-bond donors (Lipinski definition) is 1. The first-order valence-electron chi connectivity index (χ1n) is 11.8. The predicted octanol–water partition coefficient (Wildman–Crippen LogP) is 5.83. The molecule has 0 bridgehead atoms. The summed E-state index contributed by atoms with van der Waals surface area (Å²) in [5, 5.41) is 10.4. The summed E-state index contributed by atoms with van der Waals surface area (Å²) in [6, 6.07) is 10.0. The van der Waals surface area contributed by atoms with Gasteiger partial charge >= 0.3 is 0 Å². The van der Waals surface area contributed by atoms with Crippen LogP contribution in [0.2, 0.25) is 0 Å². The molecule has 1 aromatic carbocycles. The van der Waals surface area contributed by atoms with E-state index in [4.69, 9.17) is 9.15 Å². The molecule has 1 heterocycles. The van der Waals surface area contributed by atoms with E-state index in [0.717, 1.165) is 48.3 Å². The van der Waals surface area contributed by atoms with Crippen LogP contribution in [0.1, 0.15) is 88.2 Å². The second kappa shape index (κ2) is 10.6. The van der Waals surface area contributed by atoms with Crippen LogP contribution in [-0.2, 0) is 11.8 Å². The van der Waals surface area contributed by atoms with Crippen molar-refractivity contribution >= 4 is 5.91 Å². The maximum atomic E-state index is 12.4. The quantitative estimate of drug-likeness (QED) is 0.502. The Morgan fingerprint density at radius 3 is 2.28 bits per heavy atom. The molecule has 1 amide bonds. The van der Waals surface area contributed by atoms with Crippen LogP contribution in [0.5, 0.6) is 5.75 Å². The zero-order valence-electron chi connectivity index (χ0n) is 21.1. The Hall–Kier alpha value is -2.27. The third kappa shape index (κ3) is 5.55. The Labute approximate surface area is 193 Å². The van der Waals surface area contributed by atoms with Crippen molar-refractivity contribution in [1.29, 1.82) is 0 Å². The van der Waals surface area contributed by atoms with E-state index >= 15 is 0 Å². The third-order valence-corrected chi connectivity index (χ3v) is 6.43. The van der Waals surface area contributed by atoms with Gasteiger partial charge in [0.2, 0.25) is 0 Å². The minimum atomic E-state index is -0.544. The zero-order valence-corrected chi connectivity index (χ0v) is 21.1. The van der Waals surface area contributed by atoms with Gasteiger partial charge in [-0.05, 0) is 54.0 Å². The number of furan rings is 1. The summed E-state index contributed by atoms with van der Waals surface area (Å²) in [4.78, 5) is 13.9. The fourth-order valence-corrected chi connectivity index (χ4v) is 3.98. The molecule has 0 aliphatic heterocycles. The largest absolute Gasteiger partial charge is 0.491 e. The predicted molar refractivity (Wildman–Crippen MR) is 129 cm³/mol. The average Bonchev–Trinajstić information content (AvgIpc) is 3.23. The number of carbonyl (C=O) groups excluding carboxylic acids is 1. The van der Waals surface area contributed by atoms with Crippen LogP contribution in [-0.4, -0.2) is 42.7 Å². The summed E-state index contributed by atoms with van der Waals surface area (Å²) in [7, 11) is 3.45. The van der Waals surface area contributed by atoms with Crippen LogP contribution in [0.4, 0.5) is 0 Å². The number of aliphatic hydroxyl groups excluding tert-OH is 1. The monoisotopic (exact) mass is 443 g/mol. The van der Waals surface area contributed by atoms with Gasteiger partial charge in [-0.25, -0.2) is 0 Å². The molecule has 0 spiro atoms.